The molecule has 2 unspecified atom stereocenters. The first-order chi connectivity index (χ1) is 8.65. The summed E-state index contributed by atoms with van der Waals surface area (Å²) in [6.45, 7) is 0.805. The van der Waals surface area contributed by atoms with Gasteiger partial charge in [0.25, 0.3) is 5.91 Å². The molecule has 1 heterocycles. The largest absolute Gasteiger partial charge is 0.393 e. The molecule has 0 aliphatic heterocycles. The maximum Gasteiger partial charge on any atom is 0.267 e. The van der Waals surface area contributed by atoms with Gasteiger partial charge in [0.05, 0.1) is 6.10 Å². The summed E-state index contributed by atoms with van der Waals surface area (Å²) in [5.74, 6) is -0.0364. The molecule has 1 aliphatic rings. The van der Waals surface area contributed by atoms with E-state index < -0.39 is 5.91 Å². The molecule has 0 aromatic carbocycles. The number of aliphatic hydroxyl groups is 1. The van der Waals surface area contributed by atoms with E-state index in [1.54, 1.807) is 12.3 Å². The number of aromatic nitrogens is 1. The van der Waals surface area contributed by atoms with Crippen molar-refractivity contribution in [2.24, 2.45) is 11.7 Å². The molecule has 0 saturated heterocycles. The highest BCUT2D eigenvalue weighted by atomic mass is 16.3. The fourth-order valence-corrected chi connectivity index (χ4v) is 2.39. The van der Waals surface area contributed by atoms with E-state index >= 15 is 0 Å². The van der Waals surface area contributed by atoms with E-state index in [-0.39, 0.29) is 11.8 Å². The number of carbonyl (C=O) groups is 1. The normalized spacial score (nSPS) is 23.6. The van der Waals surface area contributed by atoms with Gasteiger partial charge in [-0.1, -0.05) is 6.42 Å². The van der Waals surface area contributed by atoms with Gasteiger partial charge < -0.3 is 16.2 Å². The lowest BCUT2D eigenvalue weighted by Crippen LogP contribution is -2.25. The van der Waals surface area contributed by atoms with Crippen molar-refractivity contribution in [3.05, 3.63) is 24.0 Å². The summed E-state index contributed by atoms with van der Waals surface area (Å²) >= 11 is 0. The average molecular weight is 249 g/mol. The van der Waals surface area contributed by atoms with Crippen LogP contribution in [0.5, 0.6) is 0 Å². The fraction of sp³-hybridized carbons (Fsp3) is 0.538. The maximum atomic E-state index is 11.0. The summed E-state index contributed by atoms with van der Waals surface area (Å²) in [7, 11) is 0. The molecular formula is C13H19N3O2. The van der Waals surface area contributed by atoms with Crippen LogP contribution < -0.4 is 11.1 Å². The average Bonchev–Trinajstić information content (AvgIpc) is 2.37. The zero-order valence-corrected chi connectivity index (χ0v) is 10.3. The van der Waals surface area contributed by atoms with E-state index in [1.165, 1.54) is 0 Å². The summed E-state index contributed by atoms with van der Waals surface area (Å²) in [6, 6.07) is 3.47. The molecule has 5 nitrogen and oxygen atoms in total. The Morgan fingerprint density at radius 2 is 2.39 bits per heavy atom. The molecule has 0 spiro atoms. The molecule has 1 amide bonds. The van der Waals surface area contributed by atoms with Crippen LogP contribution in [0.4, 0.5) is 5.69 Å². The molecule has 18 heavy (non-hydrogen) atoms. The van der Waals surface area contributed by atoms with Gasteiger partial charge in [-0.2, -0.15) is 0 Å². The summed E-state index contributed by atoms with van der Waals surface area (Å²) < 4.78 is 0. The molecule has 1 fully saturated rings. The van der Waals surface area contributed by atoms with Crippen molar-refractivity contribution in [2.45, 2.75) is 31.8 Å². The Kier molecular flexibility index (Phi) is 4.15. The number of hydrogen-bond donors (Lipinski definition) is 3. The van der Waals surface area contributed by atoms with Crippen molar-refractivity contribution in [1.82, 2.24) is 4.98 Å². The van der Waals surface area contributed by atoms with Gasteiger partial charge in [-0.15, -0.1) is 0 Å². The summed E-state index contributed by atoms with van der Waals surface area (Å²) in [6.07, 6.45) is 5.38. The lowest BCUT2D eigenvalue weighted by molar-refractivity contribution is 0.0995. The second-order valence-corrected chi connectivity index (χ2v) is 4.86. The van der Waals surface area contributed by atoms with E-state index in [4.69, 9.17) is 5.73 Å². The van der Waals surface area contributed by atoms with E-state index in [1.807, 2.05) is 6.07 Å². The van der Waals surface area contributed by atoms with Crippen LogP contribution in [-0.2, 0) is 0 Å². The highest BCUT2D eigenvalue weighted by molar-refractivity contribution is 5.91. The molecule has 98 valence electrons. The SMILES string of the molecule is NC(=O)c1cc(NCC2CCCC(O)C2)ccn1. The van der Waals surface area contributed by atoms with Gasteiger partial charge in [0, 0.05) is 18.4 Å². The van der Waals surface area contributed by atoms with Crippen molar-refractivity contribution < 1.29 is 9.90 Å². The Morgan fingerprint density at radius 3 is 3.11 bits per heavy atom. The lowest BCUT2D eigenvalue weighted by atomic mass is 9.87. The van der Waals surface area contributed by atoms with Crippen molar-refractivity contribution in [3.63, 3.8) is 0 Å². The number of anilines is 1. The number of aliphatic hydroxyl groups excluding tert-OH is 1. The van der Waals surface area contributed by atoms with Gasteiger partial charge >= 0.3 is 0 Å². The predicted octanol–water partition coefficient (Wildman–Crippen LogP) is 1.14. The second kappa shape index (κ2) is 5.82. The van der Waals surface area contributed by atoms with E-state index in [0.29, 0.717) is 5.92 Å². The molecule has 0 bridgehead atoms. The van der Waals surface area contributed by atoms with Gasteiger partial charge in [-0.05, 0) is 37.3 Å². The van der Waals surface area contributed by atoms with Crippen molar-refractivity contribution in [1.29, 1.82) is 0 Å². The molecule has 2 atom stereocenters. The predicted molar refractivity (Wildman–Crippen MR) is 69.2 cm³/mol. The van der Waals surface area contributed by atoms with Gasteiger partial charge in [0.2, 0.25) is 0 Å². The third-order valence-corrected chi connectivity index (χ3v) is 3.36. The quantitative estimate of drug-likeness (QED) is 0.746. The monoisotopic (exact) mass is 249 g/mol. The molecule has 1 aliphatic carbocycles. The Hall–Kier alpha value is -1.62. The van der Waals surface area contributed by atoms with E-state index in [2.05, 4.69) is 10.3 Å². The van der Waals surface area contributed by atoms with Crippen molar-refractivity contribution in [2.75, 3.05) is 11.9 Å². The van der Waals surface area contributed by atoms with Gasteiger partial charge in [0.15, 0.2) is 0 Å². The highest BCUT2D eigenvalue weighted by Gasteiger charge is 2.19. The first-order valence-electron chi connectivity index (χ1n) is 6.33. The van der Waals surface area contributed by atoms with Crippen LogP contribution in [0.1, 0.15) is 36.2 Å². The van der Waals surface area contributed by atoms with Crippen molar-refractivity contribution in [3.8, 4) is 0 Å². The number of rotatable bonds is 4. The number of nitrogens with two attached hydrogens (primary N) is 1. The highest BCUT2D eigenvalue weighted by Crippen LogP contribution is 2.24. The maximum absolute atomic E-state index is 11.0. The van der Waals surface area contributed by atoms with Crippen LogP contribution in [0.3, 0.4) is 0 Å². The Labute approximate surface area is 106 Å². The fourth-order valence-electron chi connectivity index (χ4n) is 2.39. The smallest absolute Gasteiger partial charge is 0.267 e. The van der Waals surface area contributed by atoms with Crippen molar-refractivity contribution >= 4 is 11.6 Å². The minimum absolute atomic E-state index is 0.163. The van der Waals surface area contributed by atoms with Crippen LogP contribution in [0.15, 0.2) is 18.3 Å². The summed E-state index contributed by atoms with van der Waals surface area (Å²) in [4.78, 5) is 14.9. The third-order valence-electron chi connectivity index (χ3n) is 3.36. The van der Waals surface area contributed by atoms with E-state index in [0.717, 1.165) is 37.9 Å². The zero-order valence-electron chi connectivity index (χ0n) is 10.3. The second-order valence-electron chi connectivity index (χ2n) is 4.86. The minimum atomic E-state index is -0.522. The van der Waals surface area contributed by atoms with Gasteiger partial charge in [-0.25, -0.2) is 0 Å². The van der Waals surface area contributed by atoms with Gasteiger partial charge in [0.1, 0.15) is 5.69 Å². The first kappa shape index (κ1) is 12.8. The van der Waals surface area contributed by atoms with Crippen LogP contribution >= 0.6 is 0 Å². The molecule has 1 aromatic rings. The Balaban J connectivity index is 1.89. The minimum Gasteiger partial charge on any atom is -0.393 e. The number of nitrogens with zero attached hydrogens (tertiary/aromatic N) is 1. The number of primary amides is 1. The Morgan fingerprint density at radius 1 is 1.56 bits per heavy atom. The molecular weight excluding hydrogens is 230 g/mol. The third kappa shape index (κ3) is 3.43. The van der Waals surface area contributed by atoms with E-state index in [9.17, 15) is 9.90 Å². The van der Waals surface area contributed by atoms with Crippen LogP contribution in [0, 0.1) is 5.92 Å². The lowest BCUT2D eigenvalue weighted by Gasteiger charge is -2.26. The number of nitrogens with one attached hydrogen (secondary N) is 1. The summed E-state index contributed by atoms with van der Waals surface area (Å²) in [5, 5.41) is 12.9. The zero-order chi connectivity index (χ0) is 13.0. The Bertz CT molecular complexity index is 422. The van der Waals surface area contributed by atoms with Crippen LogP contribution in [0.25, 0.3) is 0 Å². The van der Waals surface area contributed by atoms with Crippen LogP contribution in [-0.4, -0.2) is 28.6 Å². The molecule has 0 radical (unpaired) electrons. The molecule has 1 saturated carbocycles. The molecule has 5 heteroatoms. The number of hydrogen-bond acceptors (Lipinski definition) is 4. The van der Waals surface area contributed by atoms with Gasteiger partial charge in [-0.3, -0.25) is 9.78 Å². The molecule has 2 rings (SSSR count). The first-order valence-corrected chi connectivity index (χ1v) is 6.33. The molecule has 4 N–H and O–H groups in total. The standard InChI is InChI=1S/C13H19N3O2/c14-13(18)12-7-10(4-5-15-12)16-8-9-2-1-3-11(17)6-9/h4-5,7,9,11,17H,1-3,6,8H2,(H2,14,18)(H,15,16). The molecule has 1 aromatic heterocycles. The topological polar surface area (TPSA) is 88.2 Å². The number of pyridine rings is 1. The van der Waals surface area contributed by atoms with Crippen LogP contribution in [0.2, 0.25) is 0 Å². The number of amides is 1. The summed E-state index contributed by atoms with van der Waals surface area (Å²) in [5.41, 5.74) is 6.29. The number of carbonyl (C=O) groups excluding carboxylic acids is 1.